The second-order valence-electron chi connectivity index (χ2n) is 5.04. The highest BCUT2D eigenvalue weighted by atomic mass is 16.2. The zero-order chi connectivity index (χ0) is 14.5. The van der Waals surface area contributed by atoms with Crippen molar-refractivity contribution >= 4 is 16.9 Å². The topological polar surface area (TPSA) is 38.1 Å². The molecule has 0 aliphatic heterocycles. The number of para-hydroxylation sites is 2. The van der Waals surface area contributed by atoms with Gasteiger partial charge in [0.05, 0.1) is 17.4 Å². The number of aryl methyl sites for hydroxylation is 1. The molecular weight excluding hydrogens is 250 g/mol. The monoisotopic (exact) mass is 271 g/mol. The minimum absolute atomic E-state index is 0.160. The Morgan fingerprint density at radius 3 is 2.85 bits per heavy atom. The third kappa shape index (κ3) is 3.26. The number of carbonyl (C=O) groups excluding carboxylic acids is 1. The summed E-state index contributed by atoms with van der Waals surface area (Å²) in [5.74, 6) is 0.160. The summed E-state index contributed by atoms with van der Waals surface area (Å²) in [7, 11) is 0. The molecule has 0 N–H and O–H groups in total. The lowest BCUT2D eigenvalue weighted by Crippen LogP contribution is -2.32. The van der Waals surface area contributed by atoms with Gasteiger partial charge in [-0.2, -0.15) is 0 Å². The Balaban J connectivity index is 2.01. The zero-order valence-electron chi connectivity index (χ0n) is 12.2. The van der Waals surface area contributed by atoms with Crippen molar-refractivity contribution in [2.24, 2.45) is 0 Å². The first-order valence-electron chi connectivity index (χ1n) is 6.94. The lowest BCUT2D eigenvalue weighted by Gasteiger charge is -2.21. The molecule has 0 atom stereocenters. The van der Waals surface area contributed by atoms with Gasteiger partial charge >= 0.3 is 0 Å². The zero-order valence-corrected chi connectivity index (χ0v) is 12.2. The summed E-state index contributed by atoms with van der Waals surface area (Å²) >= 11 is 0. The second kappa shape index (κ2) is 6.37. The maximum atomic E-state index is 12.2. The van der Waals surface area contributed by atoms with Crippen LogP contribution in [0.25, 0.3) is 11.0 Å². The summed E-state index contributed by atoms with van der Waals surface area (Å²) in [6.07, 6.45) is 2.29. The summed E-state index contributed by atoms with van der Waals surface area (Å²) in [5, 5.41) is 0. The molecule has 0 fully saturated rings. The third-order valence-corrected chi connectivity index (χ3v) is 3.29. The van der Waals surface area contributed by atoms with E-state index >= 15 is 0 Å². The number of likely N-dealkylation sites (N-methyl/N-ethyl adjacent to an activating group) is 1. The van der Waals surface area contributed by atoms with Crippen molar-refractivity contribution in [2.45, 2.75) is 26.8 Å². The molecule has 0 saturated heterocycles. The minimum Gasteiger partial charge on any atom is -0.339 e. The van der Waals surface area contributed by atoms with E-state index < -0.39 is 0 Å². The fraction of sp³-hybridized carbons (Fsp3) is 0.375. The quantitative estimate of drug-likeness (QED) is 0.758. The van der Waals surface area contributed by atoms with Crippen LogP contribution in [0.3, 0.4) is 0 Å². The first kappa shape index (κ1) is 14.3. The van der Waals surface area contributed by atoms with Crippen molar-refractivity contribution in [3.05, 3.63) is 42.7 Å². The maximum absolute atomic E-state index is 12.2. The standard InChI is InChI=1S/C16H21N3O/c1-4-18(11-13(2)3)16(20)9-10-19-12-17-14-7-5-6-8-15(14)19/h5-8,12H,2,4,9-11H2,1,3H3. The molecular formula is C16H21N3O. The smallest absolute Gasteiger partial charge is 0.224 e. The Kier molecular flexibility index (Phi) is 4.56. The highest BCUT2D eigenvalue weighted by molar-refractivity contribution is 5.77. The first-order valence-corrected chi connectivity index (χ1v) is 6.94. The average Bonchev–Trinajstić information content (AvgIpc) is 2.85. The van der Waals surface area contributed by atoms with E-state index in [1.807, 2.05) is 47.6 Å². The van der Waals surface area contributed by atoms with E-state index in [2.05, 4.69) is 11.6 Å². The Morgan fingerprint density at radius 1 is 1.40 bits per heavy atom. The molecule has 4 heteroatoms. The molecule has 0 aliphatic rings. The largest absolute Gasteiger partial charge is 0.339 e. The maximum Gasteiger partial charge on any atom is 0.224 e. The number of rotatable bonds is 6. The Labute approximate surface area is 119 Å². The van der Waals surface area contributed by atoms with Crippen LogP contribution in [0.15, 0.2) is 42.7 Å². The number of fused-ring (bicyclic) bond motifs is 1. The van der Waals surface area contributed by atoms with Gasteiger partial charge in [0.2, 0.25) is 5.91 Å². The molecule has 1 amide bonds. The Hall–Kier alpha value is -2.10. The van der Waals surface area contributed by atoms with Crippen molar-refractivity contribution in [1.82, 2.24) is 14.5 Å². The SMILES string of the molecule is C=C(C)CN(CC)C(=O)CCn1cnc2ccccc21. The number of hydrogen-bond acceptors (Lipinski definition) is 2. The van der Waals surface area contributed by atoms with Gasteiger partial charge in [0.1, 0.15) is 0 Å². The van der Waals surface area contributed by atoms with Gasteiger partial charge in [-0.3, -0.25) is 4.79 Å². The van der Waals surface area contributed by atoms with E-state index in [9.17, 15) is 4.79 Å². The van der Waals surface area contributed by atoms with E-state index in [4.69, 9.17) is 0 Å². The molecule has 1 aromatic heterocycles. The van der Waals surface area contributed by atoms with E-state index in [-0.39, 0.29) is 5.91 Å². The van der Waals surface area contributed by atoms with Gasteiger partial charge in [0.15, 0.2) is 0 Å². The van der Waals surface area contributed by atoms with Crippen LogP contribution in [0, 0.1) is 0 Å². The van der Waals surface area contributed by atoms with E-state index in [1.165, 1.54) is 0 Å². The fourth-order valence-corrected chi connectivity index (χ4v) is 2.26. The highest BCUT2D eigenvalue weighted by Gasteiger charge is 2.12. The van der Waals surface area contributed by atoms with Crippen LogP contribution in [0.2, 0.25) is 0 Å². The normalized spacial score (nSPS) is 10.7. The molecule has 2 aromatic rings. The first-order chi connectivity index (χ1) is 9.61. The second-order valence-corrected chi connectivity index (χ2v) is 5.04. The number of hydrogen-bond donors (Lipinski definition) is 0. The molecule has 20 heavy (non-hydrogen) atoms. The number of carbonyl (C=O) groups is 1. The van der Waals surface area contributed by atoms with Gasteiger partial charge in [0.25, 0.3) is 0 Å². The van der Waals surface area contributed by atoms with Crippen LogP contribution in [0.4, 0.5) is 0 Å². The predicted octanol–water partition coefficient (Wildman–Crippen LogP) is 2.85. The Bertz CT molecular complexity index is 615. The molecule has 0 unspecified atom stereocenters. The molecule has 0 radical (unpaired) electrons. The van der Waals surface area contributed by atoms with Crippen molar-refractivity contribution in [3.63, 3.8) is 0 Å². The molecule has 0 bridgehead atoms. The molecule has 1 aromatic carbocycles. The Morgan fingerprint density at radius 2 is 2.15 bits per heavy atom. The van der Waals surface area contributed by atoms with Gasteiger partial charge in [-0.25, -0.2) is 4.98 Å². The summed E-state index contributed by atoms with van der Waals surface area (Å²) in [5.41, 5.74) is 3.05. The number of amides is 1. The molecule has 0 saturated carbocycles. The third-order valence-electron chi connectivity index (χ3n) is 3.29. The van der Waals surface area contributed by atoms with Gasteiger partial charge in [-0.1, -0.05) is 24.3 Å². The van der Waals surface area contributed by atoms with Crippen LogP contribution in [0.1, 0.15) is 20.3 Å². The number of nitrogens with zero attached hydrogens (tertiary/aromatic N) is 3. The predicted molar refractivity (Wildman–Crippen MR) is 81.4 cm³/mol. The van der Waals surface area contributed by atoms with Crippen molar-refractivity contribution < 1.29 is 4.79 Å². The average molecular weight is 271 g/mol. The van der Waals surface area contributed by atoms with Crippen LogP contribution < -0.4 is 0 Å². The molecule has 106 valence electrons. The lowest BCUT2D eigenvalue weighted by molar-refractivity contribution is -0.130. The van der Waals surface area contributed by atoms with Crippen molar-refractivity contribution in [3.8, 4) is 0 Å². The molecule has 1 heterocycles. The van der Waals surface area contributed by atoms with E-state index in [0.29, 0.717) is 19.5 Å². The van der Waals surface area contributed by atoms with Gasteiger partial charge in [0, 0.05) is 26.1 Å². The number of aromatic nitrogens is 2. The van der Waals surface area contributed by atoms with Crippen LogP contribution in [-0.2, 0) is 11.3 Å². The summed E-state index contributed by atoms with van der Waals surface area (Å²) in [4.78, 5) is 18.4. The molecule has 0 spiro atoms. The number of benzene rings is 1. The van der Waals surface area contributed by atoms with Gasteiger partial charge in [-0.05, 0) is 26.0 Å². The summed E-state index contributed by atoms with van der Waals surface area (Å²) in [6, 6.07) is 7.96. The lowest BCUT2D eigenvalue weighted by atomic mass is 10.2. The van der Waals surface area contributed by atoms with Crippen molar-refractivity contribution in [2.75, 3.05) is 13.1 Å². The molecule has 4 nitrogen and oxygen atoms in total. The van der Waals surface area contributed by atoms with Gasteiger partial charge in [-0.15, -0.1) is 0 Å². The van der Waals surface area contributed by atoms with Crippen LogP contribution in [-0.4, -0.2) is 33.4 Å². The van der Waals surface area contributed by atoms with Gasteiger partial charge < -0.3 is 9.47 Å². The van der Waals surface area contributed by atoms with Crippen LogP contribution >= 0.6 is 0 Å². The summed E-state index contributed by atoms with van der Waals surface area (Å²) < 4.78 is 2.03. The minimum atomic E-state index is 0.160. The van der Waals surface area contributed by atoms with Crippen molar-refractivity contribution in [1.29, 1.82) is 0 Å². The molecule has 0 aliphatic carbocycles. The van der Waals surface area contributed by atoms with E-state index in [1.54, 1.807) is 6.33 Å². The number of imidazole rings is 1. The summed E-state index contributed by atoms with van der Waals surface area (Å²) in [6.45, 7) is 9.82. The molecule has 2 rings (SSSR count). The highest BCUT2D eigenvalue weighted by Crippen LogP contribution is 2.12. The van der Waals surface area contributed by atoms with E-state index in [0.717, 1.165) is 23.2 Å². The van der Waals surface area contributed by atoms with Crippen LogP contribution in [0.5, 0.6) is 0 Å². The fourth-order valence-electron chi connectivity index (χ4n) is 2.26.